The van der Waals surface area contributed by atoms with Gasteiger partial charge in [0.15, 0.2) is 5.69 Å². The molecule has 1 aromatic heterocycles. The minimum absolute atomic E-state index is 0.100. The van der Waals surface area contributed by atoms with E-state index in [0.717, 1.165) is 17.5 Å². The van der Waals surface area contributed by atoms with Gasteiger partial charge < -0.3 is 19.9 Å². The molecule has 2 aliphatic heterocycles. The van der Waals surface area contributed by atoms with Crippen molar-refractivity contribution in [2.24, 2.45) is 5.92 Å². The quantitative estimate of drug-likeness (QED) is 0.572. The van der Waals surface area contributed by atoms with Crippen LogP contribution in [0.3, 0.4) is 0 Å². The minimum atomic E-state index is -0.802. The van der Waals surface area contributed by atoms with Crippen LogP contribution < -0.4 is 5.32 Å². The van der Waals surface area contributed by atoms with Crippen LogP contribution in [0.15, 0.2) is 30.3 Å². The number of hydrogen-bond acceptors (Lipinski definition) is 6. The number of benzene rings is 1. The summed E-state index contributed by atoms with van der Waals surface area (Å²) >= 11 is 0. The number of amides is 3. The van der Waals surface area contributed by atoms with E-state index >= 15 is 0 Å². The molecular weight excluding hydrogens is 474 g/mol. The number of hydrogen-bond donors (Lipinski definition) is 1. The number of aryl methyl sites for hydroxylation is 2. The first-order chi connectivity index (χ1) is 17.8. The van der Waals surface area contributed by atoms with Crippen LogP contribution in [-0.2, 0) is 27.4 Å². The summed E-state index contributed by atoms with van der Waals surface area (Å²) < 4.78 is 6.68. The average molecular weight is 510 g/mol. The van der Waals surface area contributed by atoms with Gasteiger partial charge in [0.05, 0.1) is 12.5 Å². The molecule has 1 saturated heterocycles. The lowest BCUT2D eigenvalue weighted by Gasteiger charge is -2.33. The van der Waals surface area contributed by atoms with E-state index in [-0.39, 0.29) is 35.9 Å². The molecule has 1 N–H and O–H groups in total. The van der Waals surface area contributed by atoms with Crippen molar-refractivity contribution in [1.29, 1.82) is 0 Å². The Morgan fingerprint density at radius 3 is 2.62 bits per heavy atom. The molecule has 3 heterocycles. The molecule has 10 nitrogen and oxygen atoms in total. The fourth-order valence-corrected chi connectivity index (χ4v) is 4.85. The Kier molecular flexibility index (Phi) is 8.25. The van der Waals surface area contributed by atoms with Crippen LogP contribution in [0.25, 0.3) is 0 Å². The predicted molar refractivity (Wildman–Crippen MR) is 136 cm³/mol. The number of aromatic nitrogens is 2. The molecule has 0 radical (unpaired) electrons. The molecule has 1 fully saturated rings. The Morgan fingerprint density at radius 1 is 1.14 bits per heavy atom. The Hall–Kier alpha value is -3.69. The van der Waals surface area contributed by atoms with E-state index in [9.17, 15) is 19.2 Å². The fraction of sp³-hybridized carbons (Fsp3) is 0.519. The van der Waals surface area contributed by atoms with Gasteiger partial charge in [-0.15, -0.1) is 0 Å². The van der Waals surface area contributed by atoms with Crippen molar-refractivity contribution in [3.63, 3.8) is 0 Å². The molecule has 10 heteroatoms. The molecule has 4 rings (SSSR count). The zero-order chi connectivity index (χ0) is 26.5. The SMILES string of the molecule is CCOC(=O)[C@@H]1CCCN(C(=O)[C@H](C)NC(=O)c2cc3n(n2)CCCN(Cc2ccc(C)cc2)C3=O)C1. The van der Waals surface area contributed by atoms with Crippen LogP contribution in [0.2, 0.25) is 0 Å². The molecule has 0 saturated carbocycles. The largest absolute Gasteiger partial charge is 0.466 e. The lowest BCUT2D eigenvalue weighted by Crippen LogP contribution is -2.51. The van der Waals surface area contributed by atoms with E-state index in [0.29, 0.717) is 51.3 Å². The molecule has 2 aliphatic rings. The second-order valence-corrected chi connectivity index (χ2v) is 9.77. The Balaban J connectivity index is 1.39. The van der Waals surface area contributed by atoms with Crippen LogP contribution >= 0.6 is 0 Å². The topological polar surface area (TPSA) is 114 Å². The van der Waals surface area contributed by atoms with E-state index in [2.05, 4.69) is 10.4 Å². The van der Waals surface area contributed by atoms with Gasteiger partial charge in [-0.3, -0.25) is 23.9 Å². The van der Waals surface area contributed by atoms with Gasteiger partial charge >= 0.3 is 5.97 Å². The van der Waals surface area contributed by atoms with E-state index in [1.165, 1.54) is 6.07 Å². The van der Waals surface area contributed by atoms with Gasteiger partial charge in [-0.05, 0) is 45.6 Å². The molecule has 0 spiro atoms. The maximum absolute atomic E-state index is 13.2. The number of nitrogens with zero attached hydrogens (tertiary/aromatic N) is 4. The molecule has 0 aliphatic carbocycles. The fourth-order valence-electron chi connectivity index (χ4n) is 4.85. The summed E-state index contributed by atoms with van der Waals surface area (Å²) in [7, 11) is 0. The number of rotatable bonds is 7. The Labute approximate surface area is 216 Å². The number of carbonyl (C=O) groups is 4. The third-order valence-corrected chi connectivity index (χ3v) is 6.88. The second-order valence-electron chi connectivity index (χ2n) is 9.77. The van der Waals surface area contributed by atoms with E-state index in [4.69, 9.17) is 4.74 Å². The Morgan fingerprint density at radius 2 is 1.89 bits per heavy atom. The number of ether oxygens (including phenoxy) is 1. The van der Waals surface area contributed by atoms with Crippen LogP contribution in [-0.4, -0.2) is 75.6 Å². The molecule has 0 unspecified atom stereocenters. The van der Waals surface area contributed by atoms with Crippen molar-refractivity contribution >= 4 is 23.7 Å². The maximum atomic E-state index is 13.2. The molecule has 0 bridgehead atoms. The molecule has 1 aromatic carbocycles. The number of carbonyl (C=O) groups excluding carboxylic acids is 4. The van der Waals surface area contributed by atoms with E-state index in [1.54, 1.807) is 28.3 Å². The van der Waals surface area contributed by atoms with Crippen LogP contribution in [0, 0.1) is 12.8 Å². The number of likely N-dealkylation sites (tertiary alicyclic amines) is 1. The van der Waals surface area contributed by atoms with E-state index < -0.39 is 11.9 Å². The van der Waals surface area contributed by atoms with Crippen LogP contribution in [0.5, 0.6) is 0 Å². The standard InChI is InChI=1S/C27H35N5O5/c1-4-37-27(36)21-7-5-12-31(17-21)25(34)19(3)28-24(33)22-15-23-26(35)30(13-6-14-32(23)29-22)16-20-10-8-18(2)9-11-20/h8-11,15,19,21H,4-7,12-14,16-17H2,1-3H3,(H,28,33)/t19-,21+/m0/s1. The summed E-state index contributed by atoms with van der Waals surface area (Å²) in [6.45, 7) is 8.11. The monoisotopic (exact) mass is 509 g/mol. The van der Waals surface area contributed by atoms with Crippen molar-refractivity contribution in [2.45, 2.75) is 59.2 Å². The summed E-state index contributed by atoms with van der Waals surface area (Å²) in [4.78, 5) is 54.7. The molecule has 37 heavy (non-hydrogen) atoms. The second kappa shape index (κ2) is 11.6. The van der Waals surface area contributed by atoms with Crippen molar-refractivity contribution in [1.82, 2.24) is 24.9 Å². The highest BCUT2D eigenvalue weighted by Crippen LogP contribution is 2.20. The lowest BCUT2D eigenvalue weighted by molar-refractivity contribution is -0.151. The number of fused-ring (bicyclic) bond motifs is 1. The first kappa shape index (κ1) is 26.4. The van der Waals surface area contributed by atoms with Crippen molar-refractivity contribution in [3.05, 3.63) is 52.8 Å². The zero-order valence-electron chi connectivity index (χ0n) is 21.7. The molecule has 2 atom stereocenters. The first-order valence-electron chi connectivity index (χ1n) is 13.0. The highest BCUT2D eigenvalue weighted by Gasteiger charge is 2.32. The predicted octanol–water partition coefficient (Wildman–Crippen LogP) is 2.16. The summed E-state index contributed by atoms with van der Waals surface area (Å²) in [5, 5.41) is 7.08. The van der Waals surface area contributed by atoms with Gasteiger partial charge in [-0.2, -0.15) is 5.10 Å². The molecular formula is C27H35N5O5. The van der Waals surface area contributed by atoms with Gasteiger partial charge in [0, 0.05) is 38.8 Å². The summed E-state index contributed by atoms with van der Waals surface area (Å²) in [6.07, 6.45) is 2.10. The van der Waals surface area contributed by atoms with Gasteiger partial charge in [-0.1, -0.05) is 29.8 Å². The van der Waals surface area contributed by atoms with Gasteiger partial charge in [0.25, 0.3) is 11.8 Å². The summed E-state index contributed by atoms with van der Waals surface area (Å²) in [5.41, 5.74) is 2.66. The first-order valence-corrected chi connectivity index (χ1v) is 13.0. The Bertz CT molecular complexity index is 1160. The summed E-state index contributed by atoms with van der Waals surface area (Å²) in [6, 6.07) is 8.77. The zero-order valence-corrected chi connectivity index (χ0v) is 21.7. The third-order valence-electron chi connectivity index (χ3n) is 6.88. The van der Waals surface area contributed by atoms with E-state index in [1.807, 2.05) is 31.2 Å². The number of piperidine rings is 1. The van der Waals surface area contributed by atoms with Crippen LogP contribution in [0.4, 0.5) is 0 Å². The normalized spacial score (nSPS) is 18.6. The maximum Gasteiger partial charge on any atom is 0.310 e. The smallest absolute Gasteiger partial charge is 0.310 e. The number of nitrogens with one attached hydrogen (secondary N) is 1. The van der Waals surface area contributed by atoms with Crippen molar-refractivity contribution in [3.8, 4) is 0 Å². The van der Waals surface area contributed by atoms with Gasteiger partial charge in [-0.25, -0.2) is 0 Å². The molecule has 3 amide bonds. The highest BCUT2D eigenvalue weighted by molar-refractivity contribution is 5.99. The van der Waals surface area contributed by atoms with Gasteiger partial charge in [0.2, 0.25) is 5.91 Å². The molecule has 2 aromatic rings. The third kappa shape index (κ3) is 6.18. The average Bonchev–Trinajstić information content (AvgIpc) is 3.27. The summed E-state index contributed by atoms with van der Waals surface area (Å²) in [5.74, 6) is -1.59. The lowest BCUT2D eigenvalue weighted by atomic mass is 9.97. The molecule has 198 valence electrons. The van der Waals surface area contributed by atoms with Crippen LogP contribution in [0.1, 0.15) is 65.2 Å². The van der Waals surface area contributed by atoms with Crippen molar-refractivity contribution in [2.75, 3.05) is 26.2 Å². The van der Waals surface area contributed by atoms with Crippen molar-refractivity contribution < 1.29 is 23.9 Å². The van der Waals surface area contributed by atoms with Gasteiger partial charge in [0.1, 0.15) is 11.7 Å². The minimum Gasteiger partial charge on any atom is -0.466 e. The highest BCUT2D eigenvalue weighted by atomic mass is 16.5. The number of esters is 1.